The van der Waals surface area contributed by atoms with Gasteiger partial charge in [-0.15, -0.1) is 27.8 Å². The molecule has 2 amide bonds. The number of H-pyrrole nitrogens is 1. The van der Waals surface area contributed by atoms with Crippen molar-refractivity contribution in [3.8, 4) is 11.3 Å². The number of thiazole rings is 2. The van der Waals surface area contributed by atoms with Crippen LogP contribution in [0.15, 0.2) is 59.4 Å². The van der Waals surface area contributed by atoms with E-state index in [-0.39, 0.29) is 24.7 Å². The predicted octanol–water partition coefficient (Wildman–Crippen LogP) is 4.01. The van der Waals surface area contributed by atoms with Crippen molar-refractivity contribution in [2.24, 2.45) is 0 Å². The number of amides is 2. The Morgan fingerprint density at radius 2 is 1.75 bits per heavy atom. The first-order valence-electron chi connectivity index (χ1n) is 12.6. The van der Waals surface area contributed by atoms with Crippen LogP contribution in [0.4, 0.5) is 10.3 Å². The Kier molecular flexibility index (Phi) is 7.21. The molecule has 0 aliphatic carbocycles. The summed E-state index contributed by atoms with van der Waals surface area (Å²) in [5.74, 6) is -0.363. The minimum Gasteiger partial charge on any atom is -0.375 e. The molecule has 6 rings (SSSR count). The van der Waals surface area contributed by atoms with Crippen LogP contribution >= 0.6 is 22.7 Å². The summed E-state index contributed by atoms with van der Waals surface area (Å²) in [7, 11) is 0. The van der Waals surface area contributed by atoms with Crippen molar-refractivity contribution in [3.05, 3.63) is 70.8 Å². The number of carbonyl (C=O) groups excluding carboxylic acids is 2. The van der Waals surface area contributed by atoms with Crippen molar-refractivity contribution in [2.45, 2.75) is 25.8 Å². The monoisotopic (exact) mass is 571 g/mol. The number of nitrogens with one attached hydrogen (secondary N) is 3. The standard InChI is InChI=1S/C27H25N9O2S2/c28-26-30-17(14-39-26)12-25(38)33-27-31-18(15-40-27)11-24(37)29-8-3-9-36-13-23(34-35-36)16-6-7-22-20(10-16)19-4-1-2-5-21(19)32-22/h1-2,4-7,10,13-15,32H,3,8-9,11-12H2,(H2,28,30)(H,29,37)(H,31,33,38). The van der Waals surface area contributed by atoms with Crippen LogP contribution in [-0.2, 0) is 29.0 Å². The topological polar surface area (TPSA) is 156 Å². The highest BCUT2D eigenvalue weighted by Crippen LogP contribution is 2.29. The van der Waals surface area contributed by atoms with E-state index >= 15 is 0 Å². The molecule has 0 saturated heterocycles. The molecule has 5 N–H and O–H groups in total. The van der Waals surface area contributed by atoms with E-state index in [1.165, 1.54) is 28.1 Å². The second kappa shape index (κ2) is 11.2. The fraction of sp³-hybridized carbons (Fsp3) is 0.185. The molecule has 13 heteroatoms. The number of nitrogens with zero attached hydrogens (tertiary/aromatic N) is 5. The molecule has 0 spiro atoms. The maximum Gasteiger partial charge on any atom is 0.232 e. The molecule has 4 heterocycles. The van der Waals surface area contributed by atoms with Gasteiger partial charge in [-0.2, -0.15) is 0 Å². The van der Waals surface area contributed by atoms with E-state index < -0.39 is 0 Å². The molecule has 0 fully saturated rings. The first-order valence-corrected chi connectivity index (χ1v) is 14.4. The van der Waals surface area contributed by atoms with Gasteiger partial charge in [0, 0.05) is 51.2 Å². The van der Waals surface area contributed by atoms with Gasteiger partial charge in [0.25, 0.3) is 0 Å². The molecule has 2 aromatic carbocycles. The van der Waals surface area contributed by atoms with Crippen LogP contribution in [0.25, 0.3) is 33.1 Å². The lowest BCUT2D eigenvalue weighted by Gasteiger charge is -2.04. The summed E-state index contributed by atoms with van der Waals surface area (Å²) in [5, 5.41) is 21.0. The number of nitrogens with two attached hydrogens (primary N) is 1. The molecule has 11 nitrogen and oxygen atoms in total. The lowest BCUT2D eigenvalue weighted by molar-refractivity contribution is -0.120. The highest BCUT2D eigenvalue weighted by atomic mass is 32.1. The zero-order valence-electron chi connectivity index (χ0n) is 21.3. The molecule has 0 unspecified atom stereocenters. The summed E-state index contributed by atoms with van der Waals surface area (Å²) >= 11 is 2.57. The summed E-state index contributed by atoms with van der Waals surface area (Å²) in [4.78, 5) is 36.4. The number of anilines is 2. The van der Waals surface area contributed by atoms with E-state index in [1.807, 2.05) is 24.4 Å². The number of rotatable bonds is 10. The molecule has 0 saturated carbocycles. The fourth-order valence-corrected chi connectivity index (χ4v) is 5.71. The molecule has 202 valence electrons. The fourth-order valence-electron chi connectivity index (χ4n) is 4.42. The van der Waals surface area contributed by atoms with Crippen LogP contribution in [0.5, 0.6) is 0 Å². The van der Waals surface area contributed by atoms with Crippen molar-refractivity contribution in [1.82, 2.24) is 35.3 Å². The summed E-state index contributed by atoms with van der Waals surface area (Å²) in [6.45, 7) is 1.12. The second-order valence-electron chi connectivity index (χ2n) is 9.22. The van der Waals surface area contributed by atoms with E-state index in [1.54, 1.807) is 15.4 Å². The van der Waals surface area contributed by atoms with Crippen LogP contribution in [0.2, 0.25) is 0 Å². The number of aromatic amines is 1. The first-order chi connectivity index (χ1) is 19.5. The smallest absolute Gasteiger partial charge is 0.232 e. The van der Waals surface area contributed by atoms with E-state index in [0.717, 1.165) is 27.7 Å². The van der Waals surface area contributed by atoms with E-state index in [4.69, 9.17) is 5.73 Å². The van der Waals surface area contributed by atoms with E-state index in [2.05, 4.69) is 60.2 Å². The Morgan fingerprint density at radius 3 is 2.62 bits per heavy atom. The van der Waals surface area contributed by atoms with Gasteiger partial charge < -0.3 is 21.4 Å². The summed E-state index contributed by atoms with van der Waals surface area (Å²) in [6.07, 6.45) is 2.89. The van der Waals surface area contributed by atoms with Gasteiger partial charge in [0.15, 0.2) is 10.3 Å². The normalized spacial score (nSPS) is 11.3. The van der Waals surface area contributed by atoms with Gasteiger partial charge in [0.2, 0.25) is 11.8 Å². The Labute approximate surface area is 236 Å². The number of aromatic nitrogens is 6. The van der Waals surface area contributed by atoms with Gasteiger partial charge in [-0.3, -0.25) is 14.3 Å². The largest absolute Gasteiger partial charge is 0.375 e. The van der Waals surface area contributed by atoms with Gasteiger partial charge in [0.05, 0.1) is 30.4 Å². The SMILES string of the molecule is Nc1nc(CC(=O)Nc2nc(CC(=O)NCCCn3cc(-c4ccc5[nH]c6ccccc6c5c4)nn3)cs2)cs1. The molecular weight excluding hydrogens is 546 g/mol. The maximum atomic E-state index is 12.4. The lowest BCUT2D eigenvalue weighted by Crippen LogP contribution is -2.27. The zero-order valence-corrected chi connectivity index (χ0v) is 22.9. The second-order valence-corrected chi connectivity index (χ2v) is 11.0. The number of nitrogen functional groups attached to an aromatic ring is 1. The minimum absolute atomic E-state index is 0.121. The Balaban J connectivity index is 0.958. The zero-order chi connectivity index (χ0) is 27.5. The Hall–Kier alpha value is -4.62. The van der Waals surface area contributed by atoms with Gasteiger partial charge >= 0.3 is 0 Å². The molecule has 4 aromatic heterocycles. The molecule has 0 aliphatic rings. The molecular formula is C27H25N9O2S2. The summed E-state index contributed by atoms with van der Waals surface area (Å²) in [6, 6.07) is 14.5. The maximum absolute atomic E-state index is 12.4. The van der Waals surface area contributed by atoms with E-state index in [0.29, 0.717) is 41.2 Å². The van der Waals surface area contributed by atoms with Crippen molar-refractivity contribution in [2.75, 3.05) is 17.6 Å². The first kappa shape index (κ1) is 25.6. The van der Waals surface area contributed by atoms with Crippen LogP contribution in [0.1, 0.15) is 17.8 Å². The van der Waals surface area contributed by atoms with Crippen LogP contribution < -0.4 is 16.4 Å². The number of benzene rings is 2. The summed E-state index contributed by atoms with van der Waals surface area (Å²) < 4.78 is 1.79. The minimum atomic E-state index is -0.231. The Morgan fingerprint density at radius 1 is 0.950 bits per heavy atom. The number of carbonyl (C=O) groups is 2. The van der Waals surface area contributed by atoms with Gasteiger partial charge in [0.1, 0.15) is 5.69 Å². The van der Waals surface area contributed by atoms with Crippen molar-refractivity contribution in [3.63, 3.8) is 0 Å². The molecule has 0 atom stereocenters. The van der Waals surface area contributed by atoms with Gasteiger partial charge in [-0.1, -0.05) is 29.5 Å². The Bertz CT molecular complexity index is 1820. The average Bonchev–Trinajstić information content (AvgIpc) is 3.74. The number of hydrogen-bond acceptors (Lipinski definition) is 9. The molecule has 0 radical (unpaired) electrons. The summed E-state index contributed by atoms with van der Waals surface area (Å²) in [5.41, 5.74) is 10.8. The van der Waals surface area contributed by atoms with Crippen LogP contribution in [-0.4, -0.2) is 48.3 Å². The highest BCUT2D eigenvalue weighted by molar-refractivity contribution is 7.14. The third-order valence-electron chi connectivity index (χ3n) is 6.28. The predicted molar refractivity (Wildman–Crippen MR) is 157 cm³/mol. The van der Waals surface area contributed by atoms with Crippen molar-refractivity contribution < 1.29 is 9.59 Å². The third-order valence-corrected chi connectivity index (χ3v) is 7.81. The number of para-hydroxylation sites is 1. The third kappa shape index (κ3) is 5.84. The number of fused-ring (bicyclic) bond motifs is 3. The van der Waals surface area contributed by atoms with Gasteiger partial charge in [-0.25, -0.2) is 9.97 Å². The highest BCUT2D eigenvalue weighted by Gasteiger charge is 2.12. The van der Waals surface area contributed by atoms with Crippen molar-refractivity contribution in [1.29, 1.82) is 0 Å². The number of hydrogen-bond donors (Lipinski definition) is 4. The van der Waals surface area contributed by atoms with Crippen LogP contribution in [0, 0.1) is 0 Å². The molecule has 0 bridgehead atoms. The average molecular weight is 572 g/mol. The number of aryl methyl sites for hydroxylation is 1. The van der Waals surface area contributed by atoms with Crippen LogP contribution in [0.3, 0.4) is 0 Å². The lowest BCUT2D eigenvalue weighted by atomic mass is 10.1. The molecule has 40 heavy (non-hydrogen) atoms. The molecule has 6 aromatic rings. The van der Waals surface area contributed by atoms with E-state index in [9.17, 15) is 9.59 Å². The van der Waals surface area contributed by atoms with Crippen molar-refractivity contribution >= 4 is 66.6 Å². The molecule has 0 aliphatic heterocycles. The van der Waals surface area contributed by atoms with Gasteiger partial charge in [-0.05, 0) is 24.6 Å². The quantitative estimate of drug-likeness (QED) is 0.181.